The fourth-order valence-corrected chi connectivity index (χ4v) is 3.66. The van der Waals surface area contributed by atoms with E-state index in [2.05, 4.69) is 15.4 Å². The molecule has 0 bridgehead atoms. The Labute approximate surface area is 250 Å². The minimum absolute atomic E-state index is 0.164. The summed E-state index contributed by atoms with van der Waals surface area (Å²) in [5, 5.41) is 30.3. The first-order valence-electron chi connectivity index (χ1n) is 12.4. The van der Waals surface area contributed by atoms with E-state index in [4.69, 9.17) is 15.5 Å². The zero-order valence-electron chi connectivity index (χ0n) is 23.3. The second-order valence-corrected chi connectivity index (χ2v) is 9.18. The van der Waals surface area contributed by atoms with Gasteiger partial charge in [0.05, 0.1) is 23.5 Å². The monoisotopic (exact) mass is 631 g/mol. The average Bonchev–Trinajstić information content (AvgIpc) is 3.61. The average molecular weight is 632 g/mol. The summed E-state index contributed by atoms with van der Waals surface area (Å²) in [5.74, 6) is -4.71. The molecule has 12 nitrogen and oxygen atoms in total. The third-order valence-electron chi connectivity index (χ3n) is 5.57. The summed E-state index contributed by atoms with van der Waals surface area (Å²) in [4.78, 5) is 38.2. The molecule has 17 heteroatoms. The Kier molecular flexibility index (Phi) is 10.5. The zero-order chi connectivity index (χ0) is 33.5. The topological polar surface area (TPSA) is 166 Å². The molecule has 0 fully saturated rings. The Morgan fingerprint density at radius 1 is 1.00 bits per heavy atom. The van der Waals surface area contributed by atoms with E-state index < -0.39 is 52.6 Å². The number of hydrogen-bond acceptors (Lipinski definition) is 7. The number of nitrogens with zero attached hydrogens (tertiary/aromatic N) is 6. The van der Waals surface area contributed by atoms with Crippen molar-refractivity contribution in [3.8, 4) is 17.4 Å². The molecule has 0 unspecified atom stereocenters. The summed E-state index contributed by atoms with van der Waals surface area (Å²) in [7, 11) is 3.69. The van der Waals surface area contributed by atoms with Crippen LogP contribution in [0.2, 0.25) is 0 Å². The van der Waals surface area contributed by atoms with E-state index in [1.165, 1.54) is 12.1 Å². The maximum absolute atomic E-state index is 14.9. The van der Waals surface area contributed by atoms with Crippen molar-refractivity contribution >= 4 is 23.5 Å². The first-order chi connectivity index (χ1) is 21.1. The second kappa shape index (κ2) is 14.1. The van der Waals surface area contributed by atoms with Crippen molar-refractivity contribution in [1.29, 1.82) is 5.26 Å². The number of amides is 1. The third kappa shape index (κ3) is 8.81. The predicted octanol–water partition coefficient (Wildman–Crippen LogP) is 4.25. The summed E-state index contributed by atoms with van der Waals surface area (Å²) < 4.78 is 71.0. The number of carbonyl (C=O) groups excluding carboxylic acids is 1. The molecule has 0 saturated carbocycles. The molecule has 2 heterocycles. The number of imidazole rings is 1. The molecule has 0 atom stereocenters. The zero-order valence-corrected chi connectivity index (χ0v) is 23.3. The van der Waals surface area contributed by atoms with Crippen LogP contribution in [-0.4, -0.2) is 66.4 Å². The fraction of sp³-hybridized carbons (Fsp3) is 0.143. The number of benzene rings is 2. The first kappa shape index (κ1) is 33.6. The predicted molar refractivity (Wildman–Crippen MR) is 147 cm³/mol. The number of alkyl halides is 3. The molecule has 0 saturated heterocycles. The smallest absolute Gasteiger partial charge is 0.435 e. The van der Waals surface area contributed by atoms with E-state index in [1.807, 2.05) is 19.0 Å². The number of carboxylic acids is 2. The van der Waals surface area contributed by atoms with Gasteiger partial charge >= 0.3 is 18.1 Å². The third-order valence-corrected chi connectivity index (χ3v) is 5.57. The maximum atomic E-state index is 14.9. The Hall–Kier alpha value is -5.89. The highest BCUT2D eigenvalue weighted by Gasteiger charge is 2.36. The van der Waals surface area contributed by atoms with Gasteiger partial charge < -0.3 is 25.0 Å². The lowest BCUT2D eigenvalue weighted by atomic mass is 10.2. The van der Waals surface area contributed by atoms with Crippen LogP contribution in [0.5, 0.6) is 0 Å². The summed E-state index contributed by atoms with van der Waals surface area (Å²) in [5.41, 5.74) is -2.49. The molecule has 3 N–H and O–H groups in total. The van der Waals surface area contributed by atoms with E-state index in [9.17, 15) is 36.3 Å². The molecule has 45 heavy (non-hydrogen) atoms. The van der Waals surface area contributed by atoms with Crippen LogP contribution < -0.4 is 5.32 Å². The second-order valence-electron chi connectivity index (χ2n) is 9.18. The number of halogens is 5. The SMILES string of the molecule is CN(C)Cc1nccn1-c1ccc(NC(=O)c2cc(C(F)(F)F)nn2-c2ccc(F)c(C#N)c2)c(F)c1.O=C(O)/C=C\C(=O)O. The standard InChI is InChI=1S/C24H18F5N7O.C4H4O4/c1-34(2)13-22-31-7-8-35(22)15-4-6-19(18(26)10-15)32-23(37)20-11-21(24(27,28)29)33-36(20)16-3-5-17(25)14(9-16)12-30;5-3(6)1-2-4(7)8/h3-11H,13H2,1-2H3,(H,32,37);1-2H,(H,5,6)(H,7,8)/b;2-1-. The van der Waals surface area contributed by atoms with Gasteiger partial charge in [0.25, 0.3) is 5.91 Å². The summed E-state index contributed by atoms with van der Waals surface area (Å²) in [6.07, 6.45) is -0.592. The van der Waals surface area contributed by atoms with Crippen molar-refractivity contribution < 1.29 is 46.5 Å². The van der Waals surface area contributed by atoms with Crippen molar-refractivity contribution in [2.24, 2.45) is 0 Å². The van der Waals surface area contributed by atoms with Gasteiger partial charge in [0.1, 0.15) is 29.2 Å². The van der Waals surface area contributed by atoms with Gasteiger partial charge in [0.2, 0.25) is 0 Å². The summed E-state index contributed by atoms with van der Waals surface area (Å²) in [6, 6.07) is 8.85. The Morgan fingerprint density at radius 2 is 1.64 bits per heavy atom. The number of hydrogen-bond donors (Lipinski definition) is 3. The molecule has 0 aliphatic carbocycles. The minimum atomic E-state index is -4.90. The Bertz CT molecular complexity index is 1790. The number of carbonyl (C=O) groups is 3. The van der Waals surface area contributed by atoms with Crippen molar-refractivity contribution in [3.05, 3.63) is 101 Å². The number of carboxylic acid groups (broad SMARTS) is 2. The van der Waals surface area contributed by atoms with Crippen LogP contribution in [0.3, 0.4) is 0 Å². The van der Waals surface area contributed by atoms with Crippen LogP contribution in [0.15, 0.2) is 67.0 Å². The highest BCUT2D eigenvalue weighted by atomic mass is 19.4. The molecule has 0 radical (unpaired) electrons. The van der Waals surface area contributed by atoms with Gasteiger partial charge in [-0.25, -0.2) is 28.0 Å². The van der Waals surface area contributed by atoms with E-state index in [0.29, 0.717) is 41.0 Å². The van der Waals surface area contributed by atoms with Crippen molar-refractivity contribution in [2.75, 3.05) is 19.4 Å². The molecular formula is C28H22F5N7O5. The van der Waals surface area contributed by atoms with Gasteiger partial charge in [0.15, 0.2) is 5.69 Å². The van der Waals surface area contributed by atoms with Gasteiger partial charge in [-0.05, 0) is 44.4 Å². The van der Waals surface area contributed by atoms with E-state index in [-0.39, 0.29) is 11.4 Å². The lowest BCUT2D eigenvalue weighted by Gasteiger charge is -2.13. The van der Waals surface area contributed by atoms with Gasteiger partial charge in [-0.3, -0.25) is 4.79 Å². The number of aromatic nitrogens is 4. The molecule has 1 amide bonds. The highest BCUT2D eigenvalue weighted by molar-refractivity contribution is 6.03. The van der Waals surface area contributed by atoms with Crippen LogP contribution in [0.25, 0.3) is 11.4 Å². The van der Waals surface area contributed by atoms with Gasteiger partial charge in [0, 0.05) is 42.4 Å². The number of rotatable bonds is 8. The molecule has 2 aromatic heterocycles. The quantitative estimate of drug-likeness (QED) is 0.190. The molecule has 4 aromatic rings. The fourth-order valence-electron chi connectivity index (χ4n) is 3.66. The van der Waals surface area contributed by atoms with E-state index in [1.54, 1.807) is 23.0 Å². The molecule has 0 aliphatic heterocycles. The van der Waals surface area contributed by atoms with Crippen LogP contribution >= 0.6 is 0 Å². The van der Waals surface area contributed by atoms with Crippen molar-refractivity contribution in [3.63, 3.8) is 0 Å². The molecule has 0 spiro atoms. The summed E-state index contributed by atoms with van der Waals surface area (Å²) >= 11 is 0. The van der Waals surface area contributed by atoms with Crippen molar-refractivity contribution in [1.82, 2.24) is 24.2 Å². The Balaban J connectivity index is 0.000000610. The number of aliphatic carboxylic acids is 2. The molecule has 234 valence electrons. The Morgan fingerprint density at radius 3 is 2.20 bits per heavy atom. The first-order valence-corrected chi connectivity index (χ1v) is 12.4. The lowest BCUT2D eigenvalue weighted by Crippen LogP contribution is -2.18. The summed E-state index contributed by atoms with van der Waals surface area (Å²) in [6.45, 7) is 0.482. The van der Waals surface area contributed by atoms with E-state index in [0.717, 1.165) is 24.3 Å². The molecular weight excluding hydrogens is 609 g/mol. The van der Waals surface area contributed by atoms with E-state index >= 15 is 0 Å². The number of nitrogens with one attached hydrogen (secondary N) is 1. The molecule has 2 aromatic carbocycles. The number of anilines is 1. The number of nitriles is 1. The van der Waals surface area contributed by atoms with Crippen LogP contribution in [0, 0.1) is 23.0 Å². The molecule has 4 rings (SSSR count). The van der Waals surface area contributed by atoms with Gasteiger partial charge in [-0.2, -0.15) is 23.5 Å². The van der Waals surface area contributed by atoms with Gasteiger partial charge in [-0.1, -0.05) is 0 Å². The van der Waals surface area contributed by atoms with Crippen molar-refractivity contribution in [2.45, 2.75) is 12.7 Å². The normalized spacial score (nSPS) is 11.2. The minimum Gasteiger partial charge on any atom is -0.478 e. The van der Waals surface area contributed by atoms with Gasteiger partial charge in [-0.15, -0.1) is 0 Å². The van der Waals surface area contributed by atoms with Crippen LogP contribution in [0.4, 0.5) is 27.6 Å². The largest absolute Gasteiger partial charge is 0.478 e. The highest BCUT2D eigenvalue weighted by Crippen LogP contribution is 2.30. The molecule has 0 aliphatic rings. The van der Waals surface area contributed by atoms with Crippen LogP contribution in [0.1, 0.15) is 27.6 Å². The van der Waals surface area contributed by atoms with Crippen LogP contribution in [-0.2, 0) is 22.3 Å². The maximum Gasteiger partial charge on any atom is 0.435 e. The lowest BCUT2D eigenvalue weighted by molar-refractivity contribution is -0.141.